The normalized spacial score (nSPS) is 18.6. The maximum Gasteiger partial charge on any atom is 0.257 e. The topological polar surface area (TPSA) is 61.9 Å². The Hall–Kier alpha value is -3.02. The SMILES string of the molecule is COc1ccc(NC(=O)c2ccc3c(c2)N(C)C2CCCCN2C3=O)cc1. The van der Waals surface area contributed by atoms with E-state index in [2.05, 4.69) is 10.2 Å². The molecule has 140 valence electrons. The molecule has 2 heterocycles. The highest BCUT2D eigenvalue weighted by Gasteiger charge is 2.37. The van der Waals surface area contributed by atoms with Gasteiger partial charge in [-0.2, -0.15) is 0 Å². The minimum Gasteiger partial charge on any atom is -0.497 e. The predicted octanol–water partition coefficient (Wildman–Crippen LogP) is 3.35. The number of rotatable bonds is 3. The van der Waals surface area contributed by atoms with Crippen LogP contribution in [0.4, 0.5) is 11.4 Å². The fourth-order valence-electron chi connectivity index (χ4n) is 3.89. The highest BCUT2D eigenvalue weighted by Crippen LogP contribution is 2.35. The minimum atomic E-state index is -0.199. The average Bonchev–Trinajstić information content (AvgIpc) is 2.72. The van der Waals surface area contributed by atoms with Crippen LogP contribution in [0.15, 0.2) is 42.5 Å². The molecule has 1 unspecified atom stereocenters. The van der Waals surface area contributed by atoms with E-state index in [1.54, 1.807) is 43.5 Å². The first-order chi connectivity index (χ1) is 13.1. The largest absolute Gasteiger partial charge is 0.497 e. The highest BCUT2D eigenvalue weighted by atomic mass is 16.5. The quantitative estimate of drug-likeness (QED) is 0.906. The fourth-order valence-corrected chi connectivity index (χ4v) is 3.89. The number of hydrogen-bond donors (Lipinski definition) is 1. The van der Waals surface area contributed by atoms with Crippen LogP contribution in [-0.2, 0) is 0 Å². The van der Waals surface area contributed by atoms with Crippen molar-refractivity contribution in [2.75, 3.05) is 30.9 Å². The number of ether oxygens (including phenoxy) is 1. The first kappa shape index (κ1) is 17.4. The number of anilines is 2. The number of benzene rings is 2. The number of nitrogens with one attached hydrogen (secondary N) is 1. The molecule has 27 heavy (non-hydrogen) atoms. The Balaban J connectivity index is 1.59. The second kappa shape index (κ2) is 6.95. The van der Waals surface area contributed by atoms with E-state index < -0.39 is 0 Å². The number of hydrogen-bond acceptors (Lipinski definition) is 4. The zero-order valence-corrected chi connectivity index (χ0v) is 15.6. The lowest BCUT2D eigenvalue weighted by Gasteiger charge is -2.46. The third-order valence-corrected chi connectivity index (χ3v) is 5.40. The van der Waals surface area contributed by atoms with Crippen LogP contribution in [0.2, 0.25) is 0 Å². The Morgan fingerprint density at radius 1 is 1.15 bits per heavy atom. The molecule has 0 aromatic heterocycles. The maximum absolute atomic E-state index is 12.8. The van der Waals surface area contributed by atoms with Gasteiger partial charge in [0.2, 0.25) is 0 Å². The summed E-state index contributed by atoms with van der Waals surface area (Å²) in [6.45, 7) is 0.799. The van der Waals surface area contributed by atoms with Gasteiger partial charge in [0, 0.05) is 24.8 Å². The molecule has 0 saturated carbocycles. The summed E-state index contributed by atoms with van der Waals surface area (Å²) < 4.78 is 5.13. The predicted molar refractivity (Wildman–Crippen MR) is 104 cm³/mol. The smallest absolute Gasteiger partial charge is 0.257 e. The summed E-state index contributed by atoms with van der Waals surface area (Å²) >= 11 is 0. The fraction of sp³-hybridized carbons (Fsp3) is 0.333. The van der Waals surface area contributed by atoms with E-state index in [9.17, 15) is 9.59 Å². The molecule has 1 N–H and O–H groups in total. The third kappa shape index (κ3) is 3.12. The molecule has 0 radical (unpaired) electrons. The van der Waals surface area contributed by atoms with Gasteiger partial charge >= 0.3 is 0 Å². The van der Waals surface area contributed by atoms with E-state index in [0.29, 0.717) is 16.8 Å². The molecule has 1 fully saturated rings. The number of methoxy groups -OCH3 is 1. The van der Waals surface area contributed by atoms with E-state index in [1.165, 1.54) is 0 Å². The minimum absolute atomic E-state index is 0.0647. The van der Waals surface area contributed by atoms with Gasteiger partial charge in [-0.25, -0.2) is 0 Å². The van der Waals surface area contributed by atoms with Crippen molar-refractivity contribution in [1.82, 2.24) is 4.90 Å². The second-order valence-electron chi connectivity index (χ2n) is 7.00. The molecule has 1 atom stereocenters. The van der Waals surface area contributed by atoms with Gasteiger partial charge in [-0.1, -0.05) is 0 Å². The molecule has 6 heteroatoms. The molecule has 0 aliphatic carbocycles. The molecule has 2 aliphatic rings. The van der Waals surface area contributed by atoms with Gasteiger partial charge in [-0.3, -0.25) is 9.59 Å². The summed E-state index contributed by atoms with van der Waals surface area (Å²) in [5.41, 5.74) is 2.72. The van der Waals surface area contributed by atoms with Crippen LogP contribution in [0, 0.1) is 0 Å². The van der Waals surface area contributed by atoms with Crippen LogP contribution in [0.25, 0.3) is 0 Å². The number of carbonyl (C=O) groups is 2. The van der Waals surface area contributed by atoms with Crippen molar-refractivity contribution in [3.05, 3.63) is 53.6 Å². The van der Waals surface area contributed by atoms with Crippen molar-refractivity contribution in [1.29, 1.82) is 0 Å². The Bertz CT molecular complexity index is 879. The number of piperidine rings is 1. The number of carbonyl (C=O) groups excluding carboxylic acids is 2. The van der Waals surface area contributed by atoms with Gasteiger partial charge in [0.05, 0.1) is 18.4 Å². The van der Waals surface area contributed by atoms with Crippen LogP contribution in [0.1, 0.15) is 40.0 Å². The Morgan fingerprint density at radius 2 is 1.93 bits per heavy atom. The molecule has 0 spiro atoms. The average molecular weight is 365 g/mol. The Kier molecular flexibility index (Phi) is 4.48. The Morgan fingerprint density at radius 3 is 2.67 bits per heavy atom. The first-order valence-corrected chi connectivity index (χ1v) is 9.22. The van der Waals surface area contributed by atoms with E-state index in [1.807, 2.05) is 18.0 Å². The summed E-state index contributed by atoms with van der Waals surface area (Å²) in [7, 11) is 3.60. The molecular weight excluding hydrogens is 342 g/mol. The van der Waals surface area contributed by atoms with Crippen LogP contribution < -0.4 is 15.0 Å². The molecule has 1 saturated heterocycles. The second-order valence-corrected chi connectivity index (χ2v) is 7.00. The number of nitrogens with zero attached hydrogens (tertiary/aromatic N) is 2. The molecule has 2 aromatic carbocycles. The highest BCUT2D eigenvalue weighted by molar-refractivity contribution is 6.08. The molecule has 0 bridgehead atoms. The van der Waals surface area contributed by atoms with Gasteiger partial charge in [0.1, 0.15) is 11.9 Å². The molecule has 2 aromatic rings. The monoisotopic (exact) mass is 365 g/mol. The summed E-state index contributed by atoms with van der Waals surface area (Å²) in [5, 5.41) is 2.89. The standard InChI is InChI=1S/C21H23N3O3/c1-23-18-13-14(20(25)22-15-7-9-16(27-2)10-8-15)6-11-17(18)21(26)24-12-4-3-5-19(23)24/h6-11,13,19H,3-5,12H2,1-2H3,(H,22,25). The lowest BCUT2D eigenvalue weighted by molar-refractivity contribution is 0.0589. The molecule has 6 nitrogen and oxygen atoms in total. The molecule has 2 aliphatic heterocycles. The lowest BCUT2D eigenvalue weighted by atomic mass is 9.97. The van der Waals surface area contributed by atoms with E-state index in [-0.39, 0.29) is 18.0 Å². The summed E-state index contributed by atoms with van der Waals surface area (Å²) in [6, 6.07) is 12.5. The zero-order valence-electron chi connectivity index (χ0n) is 15.6. The van der Waals surface area contributed by atoms with Crippen molar-refractivity contribution < 1.29 is 14.3 Å². The van der Waals surface area contributed by atoms with Crippen LogP contribution >= 0.6 is 0 Å². The third-order valence-electron chi connectivity index (χ3n) is 5.40. The molecular formula is C21H23N3O3. The Labute approximate surface area is 158 Å². The van der Waals surface area contributed by atoms with Crippen molar-refractivity contribution in [3.8, 4) is 5.75 Å². The first-order valence-electron chi connectivity index (χ1n) is 9.22. The van der Waals surface area contributed by atoms with Crippen molar-refractivity contribution in [2.45, 2.75) is 25.4 Å². The van der Waals surface area contributed by atoms with Crippen LogP contribution in [0.5, 0.6) is 5.75 Å². The molecule has 2 amide bonds. The van der Waals surface area contributed by atoms with Crippen molar-refractivity contribution in [3.63, 3.8) is 0 Å². The van der Waals surface area contributed by atoms with Gasteiger partial charge in [0.25, 0.3) is 11.8 Å². The maximum atomic E-state index is 12.8. The number of amides is 2. The van der Waals surface area contributed by atoms with Gasteiger partial charge < -0.3 is 19.9 Å². The number of fused-ring (bicyclic) bond motifs is 2. The summed E-state index contributed by atoms with van der Waals surface area (Å²) in [6.07, 6.45) is 3.21. The van der Waals surface area contributed by atoms with E-state index in [0.717, 1.165) is 37.2 Å². The lowest BCUT2D eigenvalue weighted by Crippen LogP contribution is -2.55. The van der Waals surface area contributed by atoms with Crippen molar-refractivity contribution in [2.24, 2.45) is 0 Å². The van der Waals surface area contributed by atoms with Gasteiger partial charge in [-0.05, 0) is 61.7 Å². The van der Waals surface area contributed by atoms with Gasteiger partial charge in [0.15, 0.2) is 0 Å². The summed E-state index contributed by atoms with van der Waals surface area (Å²) in [5.74, 6) is 0.601. The van der Waals surface area contributed by atoms with Crippen LogP contribution in [-0.4, -0.2) is 43.6 Å². The summed E-state index contributed by atoms with van der Waals surface area (Å²) in [4.78, 5) is 29.6. The van der Waals surface area contributed by atoms with E-state index >= 15 is 0 Å². The van der Waals surface area contributed by atoms with E-state index in [4.69, 9.17) is 4.74 Å². The molecule has 4 rings (SSSR count). The zero-order chi connectivity index (χ0) is 19.0. The van der Waals surface area contributed by atoms with Crippen LogP contribution in [0.3, 0.4) is 0 Å². The van der Waals surface area contributed by atoms with Gasteiger partial charge in [-0.15, -0.1) is 0 Å². The van der Waals surface area contributed by atoms with Crippen molar-refractivity contribution >= 4 is 23.2 Å².